The molecule has 0 amide bonds. The Bertz CT molecular complexity index is 235. The summed E-state index contributed by atoms with van der Waals surface area (Å²) in [6, 6.07) is 3.76. The quantitative estimate of drug-likeness (QED) is 0.699. The molecule has 1 aromatic rings. The molecule has 1 heterocycles. The monoisotopic (exact) mass is 151 g/mol. The third kappa shape index (κ3) is 1.77. The van der Waals surface area contributed by atoms with E-state index in [1.54, 1.807) is 6.20 Å². The maximum Gasteiger partial charge on any atom is 0.0804 e. The van der Waals surface area contributed by atoms with Crippen molar-refractivity contribution in [1.29, 1.82) is 0 Å². The van der Waals surface area contributed by atoms with Crippen molar-refractivity contribution < 1.29 is 5.11 Å². The molecule has 0 saturated carbocycles. The molecular weight excluding hydrogens is 138 g/mol. The zero-order valence-corrected chi connectivity index (χ0v) is 6.91. The van der Waals surface area contributed by atoms with Gasteiger partial charge in [-0.15, -0.1) is 0 Å². The molecule has 0 aliphatic heterocycles. The zero-order chi connectivity index (χ0) is 8.27. The molecule has 0 spiro atoms. The highest BCUT2D eigenvalue weighted by Crippen LogP contribution is 2.17. The van der Waals surface area contributed by atoms with E-state index >= 15 is 0 Å². The summed E-state index contributed by atoms with van der Waals surface area (Å²) in [6.07, 6.45) is 2.12. The molecule has 0 aliphatic rings. The summed E-state index contributed by atoms with van der Waals surface area (Å²) in [6.45, 7) is 3.87. The number of hydrogen-bond acceptors (Lipinski definition) is 2. The number of hydrogen-bond donors (Lipinski definition) is 1. The lowest BCUT2D eigenvalue weighted by atomic mass is 10.1. The van der Waals surface area contributed by atoms with Gasteiger partial charge in [-0.25, -0.2) is 0 Å². The fraction of sp³-hybridized carbons (Fsp3) is 0.444. The minimum Gasteiger partial charge on any atom is -0.388 e. The standard InChI is InChI=1S/C9H13NO/c1-3-9(11)8-5-4-6-10-7(8)2/h4-6,9,11H,3H2,1-2H3/t9-/m0/s1. The van der Waals surface area contributed by atoms with Crippen LogP contribution in [0.15, 0.2) is 18.3 Å². The molecule has 1 aromatic heterocycles. The molecule has 0 fully saturated rings. The van der Waals surface area contributed by atoms with Crippen molar-refractivity contribution in [3.05, 3.63) is 29.6 Å². The predicted octanol–water partition coefficient (Wildman–Crippen LogP) is 1.83. The van der Waals surface area contributed by atoms with Crippen LogP contribution in [-0.4, -0.2) is 10.1 Å². The second kappa shape index (κ2) is 3.49. The lowest BCUT2D eigenvalue weighted by Crippen LogP contribution is -1.99. The second-order valence-corrected chi connectivity index (χ2v) is 2.60. The maximum absolute atomic E-state index is 9.47. The third-order valence-corrected chi connectivity index (χ3v) is 1.79. The van der Waals surface area contributed by atoms with Crippen molar-refractivity contribution >= 4 is 0 Å². The van der Waals surface area contributed by atoms with Gasteiger partial charge in [0, 0.05) is 17.5 Å². The van der Waals surface area contributed by atoms with Crippen LogP contribution >= 0.6 is 0 Å². The Hall–Kier alpha value is -0.890. The predicted molar refractivity (Wildman–Crippen MR) is 44.2 cm³/mol. The Morgan fingerprint density at radius 3 is 2.91 bits per heavy atom. The summed E-state index contributed by atoms with van der Waals surface area (Å²) < 4.78 is 0. The number of aryl methyl sites for hydroxylation is 1. The van der Waals surface area contributed by atoms with E-state index in [0.29, 0.717) is 0 Å². The van der Waals surface area contributed by atoms with E-state index in [0.717, 1.165) is 17.7 Å². The minimum atomic E-state index is -0.358. The topological polar surface area (TPSA) is 33.1 Å². The van der Waals surface area contributed by atoms with Gasteiger partial charge in [0.05, 0.1) is 6.10 Å². The van der Waals surface area contributed by atoms with Crippen molar-refractivity contribution in [2.75, 3.05) is 0 Å². The summed E-state index contributed by atoms with van der Waals surface area (Å²) >= 11 is 0. The maximum atomic E-state index is 9.47. The van der Waals surface area contributed by atoms with Gasteiger partial charge in [0.1, 0.15) is 0 Å². The molecule has 0 radical (unpaired) electrons. The lowest BCUT2D eigenvalue weighted by Gasteiger charge is -2.09. The smallest absolute Gasteiger partial charge is 0.0804 e. The number of pyridine rings is 1. The van der Waals surface area contributed by atoms with E-state index < -0.39 is 0 Å². The van der Waals surface area contributed by atoms with Gasteiger partial charge in [0.2, 0.25) is 0 Å². The van der Waals surface area contributed by atoms with Crippen molar-refractivity contribution in [1.82, 2.24) is 4.98 Å². The van der Waals surface area contributed by atoms with E-state index in [-0.39, 0.29) is 6.10 Å². The Morgan fingerprint density at radius 2 is 2.36 bits per heavy atom. The van der Waals surface area contributed by atoms with Gasteiger partial charge in [-0.3, -0.25) is 4.98 Å². The number of nitrogens with zero attached hydrogens (tertiary/aromatic N) is 1. The molecule has 0 saturated heterocycles. The van der Waals surface area contributed by atoms with Crippen LogP contribution in [-0.2, 0) is 0 Å². The van der Waals surface area contributed by atoms with E-state index in [9.17, 15) is 5.11 Å². The highest BCUT2D eigenvalue weighted by molar-refractivity contribution is 5.20. The van der Waals surface area contributed by atoms with E-state index in [1.807, 2.05) is 26.0 Å². The first-order chi connectivity index (χ1) is 5.25. The van der Waals surface area contributed by atoms with Crippen molar-refractivity contribution in [3.63, 3.8) is 0 Å². The summed E-state index contributed by atoms with van der Waals surface area (Å²) in [5, 5.41) is 9.47. The average molecular weight is 151 g/mol. The zero-order valence-electron chi connectivity index (χ0n) is 6.91. The Labute approximate surface area is 66.9 Å². The molecule has 0 aliphatic carbocycles. The molecular formula is C9H13NO. The van der Waals surface area contributed by atoms with Gasteiger partial charge in [-0.05, 0) is 19.4 Å². The third-order valence-electron chi connectivity index (χ3n) is 1.79. The molecule has 1 N–H and O–H groups in total. The number of aliphatic hydroxyl groups is 1. The highest BCUT2D eigenvalue weighted by atomic mass is 16.3. The van der Waals surface area contributed by atoms with E-state index in [1.165, 1.54) is 0 Å². The first kappa shape index (κ1) is 8.21. The second-order valence-electron chi connectivity index (χ2n) is 2.60. The van der Waals surface area contributed by atoms with Crippen molar-refractivity contribution in [2.45, 2.75) is 26.4 Å². The number of rotatable bonds is 2. The minimum absolute atomic E-state index is 0.358. The van der Waals surface area contributed by atoms with Gasteiger partial charge in [0.25, 0.3) is 0 Å². The van der Waals surface area contributed by atoms with Gasteiger partial charge >= 0.3 is 0 Å². The van der Waals surface area contributed by atoms with Gasteiger partial charge in [0.15, 0.2) is 0 Å². The van der Waals surface area contributed by atoms with Crippen LogP contribution in [0.5, 0.6) is 0 Å². The molecule has 0 unspecified atom stereocenters. The Morgan fingerprint density at radius 1 is 1.64 bits per heavy atom. The van der Waals surface area contributed by atoms with Crippen LogP contribution in [0.2, 0.25) is 0 Å². The molecule has 1 rings (SSSR count). The molecule has 60 valence electrons. The summed E-state index contributed by atoms with van der Waals surface area (Å²) in [5.74, 6) is 0. The summed E-state index contributed by atoms with van der Waals surface area (Å²) in [7, 11) is 0. The normalized spacial score (nSPS) is 13.0. The first-order valence-electron chi connectivity index (χ1n) is 3.85. The number of aliphatic hydroxyl groups excluding tert-OH is 1. The molecule has 11 heavy (non-hydrogen) atoms. The molecule has 0 bridgehead atoms. The van der Waals surface area contributed by atoms with E-state index in [4.69, 9.17) is 0 Å². The summed E-state index contributed by atoms with van der Waals surface area (Å²) in [5.41, 5.74) is 1.86. The first-order valence-corrected chi connectivity index (χ1v) is 3.85. The van der Waals surface area contributed by atoms with Gasteiger partial charge in [-0.2, -0.15) is 0 Å². The van der Waals surface area contributed by atoms with E-state index in [2.05, 4.69) is 4.98 Å². The Balaban J connectivity index is 2.93. The lowest BCUT2D eigenvalue weighted by molar-refractivity contribution is 0.172. The molecule has 0 aromatic carbocycles. The van der Waals surface area contributed by atoms with Crippen LogP contribution in [0.3, 0.4) is 0 Å². The van der Waals surface area contributed by atoms with Crippen molar-refractivity contribution in [2.24, 2.45) is 0 Å². The molecule has 1 atom stereocenters. The largest absolute Gasteiger partial charge is 0.388 e. The van der Waals surface area contributed by atoms with Gasteiger partial charge < -0.3 is 5.11 Å². The van der Waals surface area contributed by atoms with Crippen LogP contribution in [0.25, 0.3) is 0 Å². The van der Waals surface area contributed by atoms with Crippen LogP contribution in [0.4, 0.5) is 0 Å². The van der Waals surface area contributed by atoms with Crippen molar-refractivity contribution in [3.8, 4) is 0 Å². The molecule has 2 heteroatoms. The Kier molecular flexibility index (Phi) is 2.60. The van der Waals surface area contributed by atoms with Crippen LogP contribution in [0.1, 0.15) is 30.7 Å². The van der Waals surface area contributed by atoms with Crippen LogP contribution in [0, 0.1) is 6.92 Å². The fourth-order valence-corrected chi connectivity index (χ4v) is 1.07. The van der Waals surface area contributed by atoms with Gasteiger partial charge in [-0.1, -0.05) is 13.0 Å². The fourth-order valence-electron chi connectivity index (χ4n) is 1.07. The average Bonchev–Trinajstić information content (AvgIpc) is 2.04. The SMILES string of the molecule is CC[C@H](O)c1cccnc1C. The highest BCUT2D eigenvalue weighted by Gasteiger charge is 2.06. The van der Waals surface area contributed by atoms with Crippen LogP contribution < -0.4 is 0 Å². The molecule has 2 nitrogen and oxygen atoms in total. The summed E-state index contributed by atoms with van der Waals surface area (Å²) in [4.78, 5) is 4.09. The number of aromatic nitrogens is 1.